The van der Waals surface area contributed by atoms with Crippen LogP contribution >= 0.6 is 0 Å². The van der Waals surface area contributed by atoms with Gasteiger partial charge >= 0.3 is 6.18 Å². The van der Waals surface area contributed by atoms with Gasteiger partial charge in [-0.05, 0) is 102 Å². The summed E-state index contributed by atoms with van der Waals surface area (Å²) in [6, 6.07) is 17.3. The van der Waals surface area contributed by atoms with E-state index in [2.05, 4.69) is 38.4 Å². The van der Waals surface area contributed by atoms with Gasteiger partial charge in [0.1, 0.15) is 18.0 Å². The summed E-state index contributed by atoms with van der Waals surface area (Å²) in [6.07, 6.45) is 2.34. The molecule has 3 aromatic heterocycles. The highest BCUT2D eigenvalue weighted by atomic mass is 19.4. The number of hydrogen-bond donors (Lipinski definition) is 1. The first-order chi connectivity index (χ1) is 24.1. The number of halogens is 3. The van der Waals surface area contributed by atoms with Gasteiger partial charge in [-0.3, -0.25) is 19.6 Å². The molecule has 1 fully saturated rings. The number of nitrogens with zero attached hydrogens (tertiary/aromatic N) is 8. The van der Waals surface area contributed by atoms with Crippen LogP contribution in [0.5, 0.6) is 0 Å². The summed E-state index contributed by atoms with van der Waals surface area (Å²) < 4.78 is 45.5. The van der Waals surface area contributed by atoms with Gasteiger partial charge in [-0.1, -0.05) is 13.0 Å². The molecule has 0 radical (unpaired) electrons. The van der Waals surface area contributed by atoms with Crippen LogP contribution in [0.3, 0.4) is 0 Å². The fourth-order valence-corrected chi connectivity index (χ4v) is 6.86. The van der Waals surface area contributed by atoms with Gasteiger partial charge in [0.2, 0.25) is 0 Å². The molecule has 1 atom stereocenters. The molecule has 254 valence electrons. The normalized spacial score (nSPS) is 16.4. The lowest BCUT2D eigenvalue weighted by molar-refractivity contribution is -0.138. The van der Waals surface area contributed by atoms with Crippen molar-refractivity contribution in [3.8, 4) is 28.6 Å². The molecule has 1 amide bonds. The lowest BCUT2D eigenvalue weighted by Gasteiger charge is -2.31. The predicted molar refractivity (Wildman–Crippen MR) is 182 cm³/mol. The third-order valence-corrected chi connectivity index (χ3v) is 9.28. The molecule has 0 unspecified atom stereocenters. The van der Waals surface area contributed by atoms with Crippen molar-refractivity contribution in [2.24, 2.45) is 13.0 Å². The fourth-order valence-electron chi connectivity index (χ4n) is 6.86. The second-order valence-electron chi connectivity index (χ2n) is 13.0. The number of nitrogens with one attached hydrogen (secondary N) is 1. The Morgan fingerprint density at radius 3 is 2.56 bits per heavy atom. The Bertz CT molecular complexity index is 2110. The van der Waals surface area contributed by atoms with Crippen LogP contribution in [0.15, 0.2) is 73.3 Å². The van der Waals surface area contributed by atoms with Crippen LogP contribution in [0.1, 0.15) is 57.9 Å². The van der Waals surface area contributed by atoms with E-state index in [-0.39, 0.29) is 23.5 Å². The summed E-state index contributed by atoms with van der Waals surface area (Å²) in [7, 11) is 1.79. The summed E-state index contributed by atoms with van der Waals surface area (Å²) in [5.41, 5.74) is 2.91. The van der Waals surface area contributed by atoms with Crippen molar-refractivity contribution in [2.45, 2.75) is 45.6 Å². The molecule has 13 heteroatoms. The first-order valence-electron chi connectivity index (χ1n) is 16.4. The first kappa shape index (κ1) is 32.9. The Morgan fingerprint density at radius 1 is 1.02 bits per heavy atom. The second kappa shape index (κ2) is 13.4. The molecule has 2 aliphatic rings. The third kappa shape index (κ3) is 6.66. The standard InChI is InChI=1S/C37H34F3N9O/c1-23-4-3-11-48(19-23)20-26-13-30-31(32(14-26)37(38,39)40)21-49(36(30)50)34-16-27(15-33(45-34)43-18-24-7-9-42-10-8-24)28-6-5-25(17-41)12-29(28)35-46-44-22-47(35)2/h5-10,12-16,22-23H,3-4,11,18-21H2,1-2H3,(H,43,45)/t23-/m0/s1. The topological polar surface area (TPSA) is 116 Å². The van der Waals surface area contributed by atoms with Gasteiger partial charge in [-0.25, -0.2) is 4.98 Å². The largest absolute Gasteiger partial charge is 0.416 e. The molecule has 0 spiro atoms. The SMILES string of the molecule is C[C@H]1CCCN(Cc2cc3c(c(C(F)(F)F)c2)CN(c2cc(-c4ccc(C#N)cc4-c4nncn4C)cc(NCc4ccncc4)n2)C3=O)C1. The maximum atomic E-state index is 14.6. The van der Waals surface area contributed by atoms with E-state index >= 15 is 0 Å². The van der Waals surface area contributed by atoms with E-state index in [1.165, 1.54) is 11.0 Å². The smallest absolute Gasteiger partial charge is 0.366 e. The number of carbonyl (C=O) groups is 1. The zero-order valence-electron chi connectivity index (χ0n) is 27.6. The number of hydrogen-bond acceptors (Lipinski definition) is 8. The number of fused-ring (bicyclic) bond motifs is 1. The Hall–Kier alpha value is -5.61. The molecule has 10 nitrogen and oxygen atoms in total. The van der Waals surface area contributed by atoms with Crippen molar-refractivity contribution in [2.75, 3.05) is 23.3 Å². The van der Waals surface area contributed by atoms with E-state index < -0.39 is 17.6 Å². The number of likely N-dealkylation sites (tertiary alicyclic amines) is 1. The summed E-state index contributed by atoms with van der Waals surface area (Å²) >= 11 is 0. The number of anilines is 2. The number of aromatic nitrogens is 5. The predicted octanol–water partition coefficient (Wildman–Crippen LogP) is 6.83. The van der Waals surface area contributed by atoms with Gasteiger partial charge in [0.05, 0.1) is 23.7 Å². The van der Waals surface area contributed by atoms with Crippen molar-refractivity contribution in [1.29, 1.82) is 5.26 Å². The number of benzene rings is 2. The molecule has 5 heterocycles. The van der Waals surface area contributed by atoms with Gasteiger partial charge in [0, 0.05) is 50.2 Å². The van der Waals surface area contributed by atoms with Crippen LogP contribution in [-0.2, 0) is 32.9 Å². The summed E-state index contributed by atoms with van der Waals surface area (Å²) in [5.74, 6) is 1.02. The number of amides is 1. The lowest BCUT2D eigenvalue weighted by Crippen LogP contribution is -2.33. The number of rotatable bonds is 8. The van der Waals surface area contributed by atoms with Crippen LogP contribution in [-0.4, -0.2) is 48.6 Å². The summed E-state index contributed by atoms with van der Waals surface area (Å²) in [6.45, 7) is 4.19. The van der Waals surface area contributed by atoms with Crippen LogP contribution < -0.4 is 10.2 Å². The molecule has 1 saturated heterocycles. The van der Waals surface area contributed by atoms with E-state index in [0.29, 0.717) is 58.5 Å². The number of carbonyl (C=O) groups excluding carboxylic acids is 1. The average molecular weight is 678 g/mol. The first-order valence-corrected chi connectivity index (χ1v) is 16.4. The molecule has 2 aromatic carbocycles. The van der Waals surface area contributed by atoms with E-state index in [0.717, 1.165) is 31.5 Å². The zero-order chi connectivity index (χ0) is 35.0. The molecule has 2 aliphatic heterocycles. The molecule has 1 N–H and O–H groups in total. The molecule has 0 bridgehead atoms. The molecular weight excluding hydrogens is 643 g/mol. The minimum Gasteiger partial charge on any atom is -0.366 e. The minimum atomic E-state index is -4.65. The molecule has 0 aliphatic carbocycles. The van der Waals surface area contributed by atoms with Crippen molar-refractivity contribution < 1.29 is 18.0 Å². The molecule has 0 saturated carbocycles. The Balaban J connectivity index is 1.31. The van der Waals surface area contributed by atoms with Crippen LogP contribution in [0.25, 0.3) is 22.5 Å². The lowest BCUT2D eigenvalue weighted by atomic mass is 9.96. The monoisotopic (exact) mass is 677 g/mol. The van der Waals surface area contributed by atoms with Crippen molar-refractivity contribution in [1.82, 2.24) is 29.6 Å². The highest BCUT2D eigenvalue weighted by Crippen LogP contribution is 2.41. The maximum Gasteiger partial charge on any atom is 0.416 e. The highest BCUT2D eigenvalue weighted by molar-refractivity contribution is 6.10. The fraction of sp³-hybridized carbons (Fsp3) is 0.297. The Morgan fingerprint density at radius 2 is 1.84 bits per heavy atom. The van der Waals surface area contributed by atoms with Gasteiger partial charge in [0.25, 0.3) is 5.91 Å². The molecular formula is C37H34F3N9O. The van der Waals surface area contributed by atoms with Crippen molar-refractivity contribution in [3.63, 3.8) is 0 Å². The van der Waals surface area contributed by atoms with Gasteiger partial charge in [0.15, 0.2) is 5.82 Å². The van der Waals surface area contributed by atoms with Gasteiger partial charge < -0.3 is 9.88 Å². The third-order valence-electron chi connectivity index (χ3n) is 9.28. The minimum absolute atomic E-state index is 0.0385. The maximum absolute atomic E-state index is 14.6. The quantitative estimate of drug-likeness (QED) is 0.190. The van der Waals surface area contributed by atoms with E-state index in [1.54, 1.807) is 66.7 Å². The van der Waals surface area contributed by atoms with Gasteiger partial charge in [-0.15, -0.1) is 10.2 Å². The number of aryl methyl sites for hydroxylation is 1. The van der Waals surface area contributed by atoms with E-state index in [1.807, 2.05) is 12.1 Å². The zero-order valence-corrected chi connectivity index (χ0v) is 27.6. The highest BCUT2D eigenvalue weighted by Gasteiger charge is 2.41. The summed E-state index contributed by atoms with van der Waals surface area (Å²) in [4.78, 5) is 26.4. The summed E-state index contributed by atoms with van der Waals surface area (Å²) in [5, 5.41) is 21.3. The van der Waals surface area contributed by atoms with Crippen LogP contribution in [0, 0.1) is 17.2 Å². The number of nitriles is 1. The van der Waals surface area contributed by atoms with Crippen LogP contribution in [0.4, 0.5) is 24.8 Å². The second-order valence-corrected chi connectivity index (χ2v) is 13.0. The molecule has 7 rings (SSSR count). The van der Waals surface area contributed by atoms with Crippen LogP contribution in [0.2, 0.25) is 0 Å². The van der Waals surface area contributed by atoms with E-state index in [9.17, 15) is 23.2 Å². The van der Waals surface area contributed by atoms with E-state index in [4.69, 9.17) is 4.98 Å². The number of pyridine rings is 2. The Kier molecular flexibility index (Phi) is 8.80. The Labute approximate surface area is 287 Å². The average Bonchev–Trinajstić information content (AvgIpc) is 3.69. The number of alkyl halides is 3. The number of piperidine rings is 1. The molecule has 5 aromatic rings. The van der Waals surface area contributed by atoms with Crippen molar-refractivity contribution >= 4 is 17.5 Å². The van der Waals surface area contributed by atoms with Gasteiger partial charge in [-0.2, -0.15) is 18.4 Å². The molecule has 50 heavy (non-hydrogen) atoms. The van der Waals surface area contributed by atoms with Crippen molar-refractivity contribution in [3.05, 3.63) is 107 Å².